The highest BCUT2D eigenvalue weighted by atomic mass is 16.5. The molecular formula is C22H24N2O4. The van der Waals surface area contributed by atoms with Gasteiger partial charge in [-0.05, 0) is 55.5 Å². The summed E-state index contributed by atoms with van der Waals surface area (Å²) in [5.74, 6) is -1.17. The lowest BCUT2D eigenvalue weighted by Crippen LogP contribution is -2.39. The van der Waals surface area contributed by atoms with E-state index >= 15 is 0 Å². The van der Waals surface area contributed by atoms with E-state index in [1.807, 2.05) is 18.2 Å². The Kier molecular flexibility index (Phi) is 6.09. The second-order valence-corrected chi connectivity index (χ2v) is 6.96. The van der Waals surface area contributed by atoms with Crippen molar-refractivity contribution in [1.82, 2.24) is 5.32 Å². The number of amides is 2. The fourth-order valence-electron chi connectivity index (χ4n) is 3.40. The van der Waals surface area contributed by atoms with Gasteiger partial charge in [-0.15, -0.1) is 0 Å². The van der Waals surface area contributed by atoms with Gasteiger partial charge in [-0.3, -0.25) is 9.59 Å². The van der Waals surface area contributed by atoms with E-state index in [0.29, 0.717) is 5.69 Å². The summed E-state index contributed by atoms with van der Waals surface area (Å²) in [6, 6.07) is 14.4. The van der Waals surface area contributed by atoms with Gasteiger partial charge in [0.25, 0.3) is 5.91 Å². The first-order valence-electron chi connectivity index (χ1n) is 9.41. The second kappa shape index (κ2) is 8.69. The largest absolute Gasteiger partial charge is 0.449 e. The van der Waals surface area contributed by atoms with Gasteiger partial charge in [0, 0.05) is 12.6 Å². The van der Waals surface area contributed by atoms with Gasteiger partial charge in [-0.25, -0.2) is 4.79 Å². The van der Waals surface area contributed by atoms with Crippen LogP contribution in [-0.2, 0) is 20.7 Å². The Morgan fingerprint density at radius 2 is 1.89 bits per heavy atom. The van der Waals surface area contributed by atoms with Crippen molar-refractivity contribution in [1.29, 1.82) is 0 Å². The zero-order valence-electron chi connectivity index (χ0n) is 16.0. The molecule has 0 heterocycles. The van der Waals surface area contributed by atoms with E-state index in [4.69, 9.17) is 4.74 Å². The van der Waals surface area contributed by atoms with Crippen molar-refractivity contribution in [3.05, 3.63) is 65.2 Å². The summed E-state index contributed by atoms with van der Waals surface area (Å²) in [4.78, 5) is 36.1. The molecule has 0 spiro atoms. The third-order valence-electron chi connectivity index (χ3n) is 4.76. The van der Waals surface area contributed by atoms with Gasteiger partial charge in [0.15, 0.2) is 6.10 Å². The number of benzene rings is 2. The highest BCUT2D eigenvalue weighted by molar-refractivity contribution is 5.95. The number of esters is 1. The predicted molar refractivity (Wildman–Crippen MR) is 106 cm³/mol. The van der Waals surface area contributed by atoms with E-state index in [0.717, 1.165) is 24.8 Å². The number of carbonyl (C=O) groups is 3. The smallest absolute Gasteiger partial charge is 0.338 e. The van der Waals surface area contributed by atoms with Crippen LogP contribution in [0.1, 0.15) is 54.2 Å². The minimum atomic E-state index is -0.925. The maximum atomic E-state index is 12.6. The van der Waals surface area contributed by atoms with E-state index in [1.54, 1.807) is 25.1 Å². The highest BCUT2D eigenvalue weighted by Gasteiger charge is 2.25. The molecule has 2 N–H and O–H groups in total. The number of carbonyl (C=O) groups excluding carboxylic acids is 3. The molecule has 0 radical (unpaired) electrons. The topological polar surface area (TPSA) is 84.5 Å². The molecule has 2 atom stereocenters. The number of hydrogen-bond donors (Lipinski definition) is 2. The molecular weight excluding hydrogens is 356 g/mol. The Labute approximate surface area is 164 Å². The van der Waals surface area contributed by atoms with E-state index in [1.165, 1.54) is 18.6 Å². The van der Waals surface area contributed by atoms with Crippen LogP contribution in [0, 0.1) is 0 Å². The van der Waals surface area contributed by atoms with E-state index in [2.05, 4.69) is 16.7 Å². The van der Waals surface area contributed by atoms with Gasteiger partial charge in [0.05, 0.1) is 11.6 Å². The number of ether oxygens (including phenoxy) is 1. The lowest BCUT2D eigenvalue weighted by molar-refractivity contribution is -0.130. The van der Waals surface area contributed by atoms with Crippen LogP contribution in [-0.4, -0.2) is 23.9 Å². The van der Waals surface area contributed by atoms with E-state index in [9.17, 15) is 14.4 Å². The summed E-state index contributed by atoms with van der Waals surface area (Å²) in [5.41, 5.74) is 3.15. The normalized spacial score (nSPS) is 16.4. The number of hydrogen-bond acceptors (Lipinski definition) is 4. The first-order chi connectivity index (χ1) is 13.4. The number of anilines is 1. The van der Waals surface area contributed by atoms with E-state index < -0.39 is 12.1 Å². The number of aryl methyl sites for hydroxylation is 1. The molecule has 0 aromatic heterocycles. The van der Waals surface area contributed by atoms with Crippen LogP contribution >= 0.6 is 0 Å². The third-order valence-corrected chi connectivity index (χ3v) is 4.76. The van der Waals surface area contributed by atoms with Crippen molar-refractivity contribution in [3.63, 3.8) is 0 Å². The molecule has 0 unspecified atom stereocenters. The Morgan fingerprint density at radius 3 is 2.68 bits per heavy atom. The Hall–Kier alpha value is -3.15. The van der Waals surface area contributed by atoms with Gasteiger partial charge in [-0.2, -0.15) is 0 Å². The molecule has 1 aliphatic carbocycles. The molecule has 0 fully saturated rings. The minimum absolute atomic E-state index is 0.0679. The zero-order chi connectivity index (χ0) is 20.1. The molecule has 2 aromatic carbocycles. The average Bonchev–Trinajstić information content (AvgIpc) is 2.68. The molecule has 28 heavy (non-hydrogen) atoms. The standard InChI is InChI=1S/C22H24N2O4/c1-14(28-22(27)17-9-5-10-18(13-17)23-15(2)25)21(26)24-20-12-6-8-16-7-3-4-11-19(16)20/h3-5,7,9-11,13-14,20H,6,8,12H2,1-2H3,(H,23,25)(H,24,26)/t14-,20-/m1/s1. The Balaban J connectivity index is 1.62. The first-order valence-corrected chi connectivity index (χ1v) is 9.41. The first kappa shape index (κ1) is 19.6. The molecule has 2 aromatic rings. The monoisotopic (exact) mass is 380 g/mol. The van der Waals surface area contributed by atoms with Gasteiger partial charge in [0.1, 0.15) is 0 Å². The lowest BCUT2D eigenvalue weighted by Gasteiger charge is -2.27. The van der Waals surface area contributed by atoms with Gasteiger partial charge < -0.3 is 15.4 Å². The van der Waals surface area contributed by atoms with Gasteiger partial charge >= 0.3 is 5.97 Å². The molecule has 6 nitrogen and oxygen atoms in total. The maximum absolute atomic E-state index is 12.6. The fourth-order valence-corrected chi connectivity index (χ4v) is 3.40. The predicted octanol–water partition coefficient (Wildman–Crippen LogP) is 3.38. The van der Waals surface area contributed by atoms with Crippen molar-refractivity contribution in [2.24, 2.45) is 0 Å². The van der Waals surface area contributed by atoms with Crippen molar-refractivity contribution in [3.8, 4) is 0 Å². The Bertz CT molecular complexity index is 894. The SMILES string of the molecule is CC(=O)Nc1cccc(C(=O)O[C@H](C)C(=O)N[C@@H]2CCCc3ccccc32)c1. The van der Waals surface area contributed by atoms with Crippen molar-refractivity contribution in [2.75, 3.05) is 5.32 Å². The van der Waals surface area contributed by atoms with Gasteiger partial charge in [-0.1, -0.05) is 30.3 Å². The molecule has 6 heteroatoms. The minimum Gasteiger partial charge on any atom is -0.449 e. The molecule has 0 bridgehead atoms. The van der Waals surface area contributed by atoms with Gasteiger partial charge in [0.2, 0.25) is 5.91 Å². The molecule has 0 aliphatic heterocycles. The summed E-state index contributed by atoms with van der Waals surface area (Å²) in [6.07, 6.45) is 1.96. The van der Waals surface area contributed by atoms with Crippen LogP contribution in [0.3, 0.4) is 0 Å². The molecule has 1 aliphatic rings. The zero-order valence-corrected chi connectivity index (χ0v) is 16.0. The molecule has 2 amide bonds. The number of nitrogens with one attached hydrogen (secondary N) is 2. The summed E-state index contributed by atoms with van der Waals surface area (Å²) in [5, 5.41) is 5.61. The second-order valence-electron chi connectivity index (χ2n) is 6.96. The Morgan fingerprint density at radius 1 is 1.11 bits per heavy atom. The molecule has 146 valence electrons. The van der Waals surface area contributed by atoms with Crippen LogP contribution in [0.25, 0.3) is 0 Å². The van der Waals surface area contributed by atoms with Crippen molar-refractivity contribution in [2.45, 2.75) is 45.3 Å². The summed E-state index contributed by atoms with van der Waals surface area (Å²) in [7, 11) is 0. The quantitative estimate of drug-likeness (QED) is 0.779. The van der Waals surface area contributed by atoms with Crippen molar-refractivity contribution >= 4 is 23.5 Å². The molecule has 0 saturated carbocycles. The third kappa shape index (κ3) is 4.76. The van der Waals surface area contributed by atoms with Crippen LogP contribution < -0.4 is 10.6 Å². The lowest BCUT2D eigenvalue weighted by atomic mass is 9.87. The summed E-state index contributed by atoms with van der Waals surface area (Å²) < 4.78 is 5.32. The summed E-state index contributed by atoms with van der Waals surface area (Å²) >= 11 is 0. The number of rotatable bonds is 5. The fraction of sp³-hybridized carbons (Fsp3) is 0.318. The van der Waals surface area contributed by atoms with E-state index in [-0.39, 0.29) is 23.4 Å². The van der Waals surface area contributed by atoms with Crippen LogP contribution in [0.4, 0.5) is 5.69 Å². The molecule has 0 saturated heterocycles. The highest BCUT2D eigenvalue weighted by Crippen LogP contribution is 2.29. The van der Waals surface area contributed by atoms with Crippen LogP contribution in [0.15, 0.2) is 48.5 Å². The number of fused-ring (bicyclic) bond motifs is 1. The molecule has 3 rings (SSSR count). The summed E-state index contributed by atoms with van der Waals surface area (Å²) in [6.45, 7) is 2.94. The van der Waals surface area contributed by atoms with Crippen molar-refractivity contribution < 1.29 is 19.1 Å². The maximum Gasteiger partial charge on any atom is 0.338 e. The van der Waals surface area contributed by atoms with Crippen LogP contribution in [0.2, 0.25) is 0 Å². The van der Waals surface area contributed by atoms with Crippen LogP contribution in [0.5, 0.6) is 0 Å². The average molecular weight is 380 g/mol.